The first-order valence-electron chi connectivity index (χ1n) is 8.00. The molecule has 1 aromatic heterocycles. The molecule has 1 aliphatic rings. The van der Waals surface area contributed by atoms with Gasteiger partial charge in [0.15, 0.2) is 6.61 Å². The number of anilines is 1. The van der Waals surface area contributed by atoms with E-state index in [4.69, 9.17) is 10.5 Å². The highest BCUT2D eigenvalue weighted by Crippen LogP contribution is 2.23. The normalized spacial score (nSPS) is 13.0. The van der Waals surface area contributed by atoms with E-state index in [2.05, 4.69) is 5.32 Å². The van der Waals surface area contributed by atoms with Crippen LogP contribution in [0, 0.1) is 0 Å². The Labute approximate surface area is 149 Å². The highest BCUT2D eigenvalue weighted by molar-refractivity contribution is 7.14. The van der Waals surface area contributed by atoms with Gasteiger partial charge in [0.05, 0.1) is 11.1 Å². The SMILES string of the molecule is NC(=O)c1ccsc1NC(=O)COC(=O)c1ccc2c(c1)CCCC2. The molecule has 0 atom stereocenters. The molecule has 0 aliphatic heterocycles. The van der Waals surface area contributed by atoms with Gasteiger partial charge in [0.25, 0.3) is 11.8 Å². The van der Waals surface area contributed by atoms with Crippen molar-refractivity contribution >= 4 is 34.1 Å². The molecule has 0 unspecified atom stereocenters. The summed E-state index contributed by atoms with van der Waals surface area (Å²) in [5.41, 5.74) is 8.35. The van der Waals surface area contributed by atoms with Crippen LogP contribution >= 0.6 is 11.3 Å². The molecule has 1 aliphatic carbocycles. The fourth-order valence-corrected chi connectivity index (χ4v) is 3.65. The van der Waals surface area contributed by atoms with Crippen LogP contribution in [0.2, 0.25) is 0 Å². The Hall–Kier alpha value is -2.67. The van der Waals surface area contributed by atoms with Crippen LogP contribution < -0.4 is 11.1 Å². The van der Waals surface area contributed by atoms with Gasteiger partial charge in [-0.15, -0.1) is 11.3 Å². The first kappa shape index (κ1) is 17.2. The predicted molar refractivity (Wildman–Crippen MR) is 94.8 cm³/mol. The summed E-state index contributed by atoms with van der Waals surface area (Å²) in [7, 11) is 0. The molecule has 130 valence electrons. The second kappa shape index (κ2) is 7.48. The van der Waals surface area contributed by atoms with Gasteiger partial charge in [0.1, 0.15) is 5.00 Å². The quantitative estimate of drug-likeness (QED) is 0.802. The van der Waals surface area contributed by atoms with Crippen LogP contribution in [0.1, 0.15) is 44.7 Å². The highest BCUT2D eigenvalue weighted by atomic mass is 32.1. The number of thiophene rings is 1. The third-order valence-electron chi connectivity index (χ3n) is 4.10. The van der Waals surface area contributed by atoms with Crippen molar-refractivity contribution in [1.29, 1.82) is 0 Å². The van der Waals surface area contributed by atoms with Gasteiger partial charge in [-0.05, 0) is 60.4 Å². The molecule has 6 nitrogen and oxygen atoms in total. The van der Waals surface area contributed by atoms with E-state index in [1.807, 2.05) is 12.1 Å². The van der Waals surface area contributed by atoms with E-state index in [0.29, 0.717) is 10.6 Å². The summed E-state index contributed by atoms with van der Waals surface area (Å²) < 4.78 is 5.07. The van der Waals surface area contributed by atoms with Crippen LogP contribution in [0.4, 0.5) is 5.00 Å². The van der Waals surface area contributed by atoms with Crippen molar-refractivity contribution in [3.05, 3.63) is 51.9 Å². The number of benzene rings is 1. The number of fused-ring (bicyclic) bond motifs is 1. The van der Waals surface area contributed by atoms with Crippen molar-refractivity contribution in [1.82, 2.24) is 0 Å². The summed E-state index contributed by atoms with van der Waals surface area (Å²) in [5.74, 6) is -1.68. The van der Waals surface area contributed by atoms with E-state index >= 15 is 0 Å². The predicted octanol–water partition coefficient (Wildman–Crippen LogP) is 2.52. The lowest BCUT2D eigenvalue weighted by atomic mass is 9.90. The topological polar surface area (TPSA) is 98.5 Å². The molecular formula is C18H18N2O4S. The molecule has 0 bridgehead atoms. The average molecular weight is 358 g/mol. The number of esters is 1. The second-order valence-corrected chi connectivity index (χ2v) is 6.76. The Morgan fingerprint density at radius 3 is 2.64 bits per heavy atom. The molecule has 0 saturated carbocycles. The van der Waals surface area contributed by atoms with Crippen LogP contribution in [0.3, 0.4) is 0 Å². The van der Waals surface area contributed by atoms with Crippen molar-refractivity contribution in [2.75, 3.05) is 11.9 Å². The third kappa shape index (κ3) is 4.06. The third-order valence-corrected chi connectivity index (χ3v) is 4.93. The van der Waals surface area contributed by atoms with Crippen LogP contribution in [-0.2, 0) is 22.4 Å². The first-order chi connectivity index (χ1) is 12.0. The summed E-state index contributed by atoms with van der Waals surface area (Å²) in [5, 5.41) is 4.53. The van der Waals surface area contributed by atoms with Gasteiger partial charge in [-0.1, -0.05) is 6.07 Å². The number of hydrogen-bond donors (Lipinski definition) is 2. The van der Waals surface area contributed by atoms with E-state index in [9.17, 15) is 14.4 Å². The Balaban J connectivity index is 1.57. The number of nitrogens with two attached hydrogens (primary N) is 1. The molecule has 0 spiro atoms. The number of hydrogen-bond acceptors (Lipinski definition) is 5. The van der Waals surface area contributed by atoms with Crippen LogP contribution in [0.15, 0.2) is 29.6 Å². The van der Waals surface area contributed by atoms with E-state index in [0.717, 1.165) is 19.3 Å². The number of nitrogens with one attached hydrogen (secondary N) is 1. The molecule has 7 heteroatoms. The van der Waals surface area contributed by atoms with E-state index in [1.54, 1.807) is 11.4 Å². The van der Waals surface area contributed by atoms with Crippen molar-refractivity contribution < 1.29 is 19.1 Å². The number of aryl methyl sites for hydroxylation is 2. The number of amides is 2. The molecule has 3 rings (SSSR count). The Morgan fingerprint density at radius 1 is 1.12 bits per heavy atom. The summed E-state index contributed by atoms with van der Waals surface area (Å²) in [6.45, 7) is -0.425. The molecule has 2 aromatic rings. The van der Waals surface area contributed by atoms with Crippen molar-refractivity contribution in [3.8, 4) is 0 Å². The number of carbonyl (C=O) groups is 3. The van der Waals surface area contributed by atoms with Crippen LogP contribution in [-0.4, -0.2) is 24.4 Å². The Kier molecular flexibility index (Phi) is 5.14. The van der Waals surface area contributed by atoms with Crippen LogP contribution in [0.5, 0.6) is 0 Å². The van der Waals surface area contributed by atoms with Gasteiger partial charge >= 0.3 is 5.97 Å². The highest BCUT2D eigenvalue weighted by Gasteiger charge is 2.16. The maximum absolute atomic E-state index is 12.1. The molecule has 0 radical (unpaired) electrons. The Bertz CT molecular complexity index is 828. The Morgan fingerprint density at radius 2 is 1.88 bits per heavy atom. The molecule has 1 heterocycles. The van der Waals surface area contributed by atoms with E-state index < -0.39 is 24.4 Å². The number of ether oxygens (including phenoxy) is 1. The van der Waals surface area contributed by atoms with E-state index in [-0.39, 0.29) is 5.56 Å². The largest absolute Gasteiger partial charge is 0.452 e. The number of carbonyl (C=O) groups excluding carboxylic acids is 3. The molecule has 1 aromatic carbocycles. The first-order valence-corrected chi connectivity index (χ1v) is 8.88. The summed E-state index contributed by atoms with van der Waals surface area (Å²) in [4.78, 5) is 35.3. The molecular weight excluding hydrogens is 340 g/mol. The molecule has 3 N–H and O–H groups in total. The van der Waals surface area contributed by atoms with Crippen molar-refractivity contribution in [2.45, 2.75) is 25.7 Å². The maximum atomic E-state index is 12.1. The number of primary amides is 1. The summed E-state index contributed by atoms with van der Waals surface area (Å²) >= 11 is 1.18. The molecule has 25 heavy (non-hydrogen) atoms. The van der Waals surface area contributed by atoms with Gasteiger partial charge in [-0.3, -0.25) is 9.59 Å². The lowest BCUT2D eigenvalue weighted by molar-refractivity contribution is -0.119. The minimum atomic E-state index is -0.623. The zero-order chi connectivity index (χ0) is 17.8. The summed E-state index contributed by atoms with van der Waals surface area (Å²) in [6, 6.07) is 7.06. The van der Waals surface area contributed by atoms with Gasteiger partial charge in [0, 0.05) is 0 Å². The van der Waals surface area contributed by atoms with Crippen molar-refractivity contribution in [3.63, 3.8) is 0 Å². The monoisotopic (exact) mass is 358 g/mol. The summed E-state index contributed by atoms with van der Waals surface area (Å²) in [6.07, 6.45) is 4.30. The smallest absolute Gasteiger partial charge is 0.338 e. The van der Waals surface area contributed by atoms with E-state index in [1.165, 1.54) is 35.0 Å². The standard InChI is InChI=1S/C18H18N2O4S/c19-16(22)14-7-8-25-17(14)20-15(21)10-24-18(23)13-6-5-11-3-1-2-4-12(11)9-13/h5-9H,1-4,10H2,(H2,19,22)(H,20,21). The average Bonchev–Trinajstić information content (AvgIpc) is 3.07. The van der Waals surface area contributed by atoms with Gasteiger partial charge in [-0.2, -0.15) is 0 Å². The molecule has 2 amide bonds. The minimum absolute atomic E-state index is 0.236. The van der Waals surface area contributed by atoms with Crippen molar-refractivity contribution in [2.24, 2.45) is 5.73 Å². The minimum Gasteiger partial charge on any atom is -0.452 e. The lowest BCUT2D eigenvalue weighted by Crippen LogP contribution is -2.22. The fraction of sp³-hybridized carbons (Fsp3) is 0.278. The van der Waals surface area contributed by atoms with Gasteiger partial charge < -0.3 is 15.8 Å². The van der Waals surface area contributed by atoms with Gasteiger partial charge in [-0.25, -0.2) is 4.79 Å². The number of rotatable bonds is 5. The zero-order valence-electron chi connectivity index (χ0n) is 13.5. The molecule has 0 fully saturated rings. The lowest BCUT2D eigenvalue weighted by Gasteiger charge is -2.16. The van der Waals surface area contributed by atoms with Crippen LogP contribution in [0.25, 0.3) is 0 Å². The second-order valence-electron chi connectivity index (χ2n) is 5.84. The zero-order valence-corrected chi connectivity index (χ0v) is 14.4. The van der Waals surface area contributed by atoms with Gasteiger partial charge in [0.2, 0.25) is 0 Å². The maximum Gasteiger partial charge on any atom is 0.338 e. The molecule has 0 saturated heterocycles. The fourth-order valence-electron chi connectivity index (χ4n) is 2.84.